The number of rotatable bonds is 8. The van der Waals surface area contributed by atoms with Gasteiger partial charge in [0, 0.05) is 17.8 Å². The molecule has 3 aromatic rings. The fourth-order valence-electron chi connectivity index (χ4n) is 5.10. The van der Waals surface area contributed by atoms with Crippen LogP contribution < -0.4 is 14.9 Å². The minimum atomic E-state index is -0.722. The normalized spacial score (nSPS) is 15.6. The molecule has 0 N–H and O–H groups in total. The van der Waals surface area contributed by atoms with Gasteiger partial charge in [-0.2, -0.15) is 0 Å². The van der Waals surface area contributed by atoms with Crippen molar-refractivity contribution in [2.24, 2.45) is 0 Å². The Balaban J connectivity index is 1.63. The van der Waals surface area contributed by atoms with Crippen LogP contribution in [-0.4, -0.2) is 53.6 Å². The van der Waals surface area contributed by atoms with Crippen molar-refractivity contribution in [3.05, 3.63) is 81.1 Å². The molecule has 0 fully saturated rings. The molecule has 2 aliphatic heterocycles. The molecule has 5 rings (SSSR count). The summed E-state index contributed by atoms with van der Waals surface area (Å²) < 4.78 is 18.5. The molecule has 1 atom stereocenters. The van der Waals surface area contributed by atoms with E-state index in [0.717, 1.165) is 11.1 Å². The number of benzene rings is 2. The summed E-state index contributed by atoms with van der Waals surface area (Å²) in [4.78, 5) is 53.1. The lowest BCUT2D eigenvalue weighted by atomic mass is 9.91. The quantitative estimate of drug-likeness (QED) is 0.331. The minimum Gasteiger partial charge on any atom is -0.490 e. The molecule has 0 bridgehead atoms. The van der Waals surface area contributed by atoms with Gasteiger partial charge in [-0.3, -0.25) is 19.3 Å². The molecule has 0 saturated heterocycles. The fourth-order valence-corrected chi connectivity index (χ4v) is 5.10. The Morgan fingerprint density at radius 1 is 0.868 bits per heavy atom. The van der Waals surface area contributed by atoms with Gasteiger partial charge in [0.25, 0.3) is 11.8 Å². The second kappa shape index (κ2) is 10.2. The van der Waals surface area contributed by atoms with E-state index in [9.17, 15) is 19.2 Å². The largest absolute Gasteiger partial charge is 0.490 e. The lowest BCUT2D eigenvalue weighted by molar-refractivity contribution is 0.0520. The Morgan fingerprint density at radius 3 is 2.11 bits per heavy atom. The summed E-state index contributed by atoms with van der Waals surface area (Å²) in [6.07, 6.45) is 1.89. The highest BCUT2D eigenvalue weighted by Gasteiger charge is 2.38. The molecule has 9 nitrogen and oxygen atoms in total. The lowest BCUT2D eigenvalue weighted by Gasteiger charge is -2.33. The second-order valence-electron chi connectivity index (χ2n) is 9.01. The predicted molar refractivity (Wildman–Crippen MR) is 139 cm³/mol. The summed E-state index contributed by atoms with van der Waals surface area (Å²) in [5.74, 6) is -0.343. The zero-order valence-corrected chi connectivity index (χ0v) is 21.5. The summed E-state index contributed by atoms with van der Waals surface area (Å²) in [5.41, 5.74) is 2.32. The first-order valence-electron chi connectivity index (χ1n) is 12.7. The van der Waals surface area contributed by atoms with Gasteiger partial charge in [0.15, 0.2) is 16.9 Å². The van der Waals surface area contributed by atoms with E-state index < -0.39 is 17.4 Å². The molecule has 9 heteroatoms. The van der Waals surface area contributed by atoms with Crippen LogP contribution in [0.2, 0.25) is 0 Å². The van der Waals surface area contributed by atoms with Crippen molar-refractivity contribution < 1.29 is 28.6 Å². The fraction of sp³-hybridized carbons (Fsp3) is 0.310. The van der Waals surface area contributed by atoms with Gasteiger partial charge >= 0.3 is 5.97 Å². The van der Waals surface area contributed by atoms with Gasteiger partial charge in [-0.1, -0.05) is 12.1 Å². The number of pyridine rings is 1. The maximum absolute atomic E-state index is 13.1. The average molecular weight is 517 g/mol. The minimum absolute atomic E-state index is 0.0566. The van der Waals surface area contributed by atoms with Crippen LogP contribution in [0, 0.1) is 0 Å². The molecule has 0 radical (unpaired) electrons. The summed E-state index contributed by atoms with van der Waals surface area (Å²) in [6, 6.07) is 11.4. The van der Waals surface area contributed by atoms with Gasteiger partial charge < -0.3 is 18.8 Å². The molecule has 2 aliphatic rings. The molecule has 38 heavy (non-hydrogen) atoms. The van der Waals surface area contributed by atoms with Crippen LogP contribution in [0.4, 0.5) is 0 Å². The Hall–Kier alpha value is -4.40. The van der Waals surface area contributed by atoms with Gasteiger partial charge in [-0.15, -0.1) is 0 Å². The molecule has 1 unspecified atom stereocenters. The van der Waals surface area contributed by atoms with Crippen LogP contribution in [0.1, 0.15) is 63.5 Å². The topological polar surface area (TPSA) is 104 Å². The second-order valence-corrected chi connectivity index (χ2v) is 9.01. The standard InChI is InChI=1S/C29H28N2O7/c1-4-36-25-12-17-11-18(15-31-27(33)19-9-7-8-10-20(19)28(31)34)30-16-22(29(35)38-6-3)24(32)14-23(30)21(17)13-26(25)37-5-2/h7-10,12-14,16,18H,4-6,11,15H2,1-3H3. The van der Waals surface area contributed by atoms with Gasteiger partial charge in [-0.25, -0.2) is 4.79 Å². The third-order valence-electron chi connectivity index (χ3n) is 6.74. The van der Waals surface area contributed by atoms with Crippen molar-refractivity contribution >= 4 is 17.8 Å². The summed E-state index contributed by atoms with van der Waals surface area (Å²) >= 11 is 0. The number of hydrogen-bond donors (Lipinski definition) is 0. The molecular weight excluding hydrogens is 488 g/mol. The van der Waals surface area contributed by atoms with E-state index in [2.05, 4.69) is 0 Å². The Bertz CT molecular complexity index is 1470. The highest BCUT2D eigenvalue weighted by molar-refractivity contribution is 6.21. The van der Waals surface area contributed by atoms with Crippen LogP contribution >= 0.6 is 0 Å². The number of carbonyl (C=O) groups is 3. The highest BCUT2D eigenvalue weighted by atomic mass is 16.5. The number of amides is 2. The monoisotopic (exact) mass is 516 g/mol. The molecule has 0 aliphatic carbocycles. The molecule has 2 amide bonds. The number of hydrogen-bond acceptors (Lipinski definition) is 7. The first-order valence-corrected chi connectivity index (χ1v) is 12.7. The smallest absolute Gasteiger partial charge is 0.343 e. The van der Waals surface area contributed by atoms with Gasteiger partial charge in [-0.05, 0) is 57.0 Å². The predicted octanol–water partition coefficient (Wildman–Crippen LogP) is 3.88. The first-order chi connectivity index (χ1) is 18.4. The summed E-state index contributed by atoms with van der Waals surface area (Å²) in [7, 11) is 0. The van der Waals surface area contributed by atoms with Crippen molar-refractivity contribution in [3.8, 4) is 22.8 Å². The third kappa shape index (κ3) is 4.23. The van der Waals surface area contributed by atoms with Crippen LogP contribution in [-0.2, 0) is 11.2 Å². The zero-order chi connectivity index (χ0) is 27.0. The van der Waals surface area contributed by atoms with E-state index in [4.69, 9.17) is 14.2 Å². The number of esters is 1. The average Bonchev–Trinajstić information content (AvgIpc) is 3.14. The molecular formula is C29H28N2O7. The highest BCUT2D eigenvalue weighted by Crippen LogP contribution is 2.42. The van der Waals surface area contributed by atoms with Crippen molar-refractivity contribution in [3.63, 3.8) is 0 Å². The van der Waals surface area contributed by atoms with Gasteiger partial charge in [0.2, 0.25) is 0 Å². The number of fused-ring (bicyclic) bond motifs is 4. The number of carbonyl (C=O) groups excluding carboxylic acids is 3. The molecule has 0 saturated carbocycles. The van der Waals surface area contributed by atoms with E-state index in [1.165, 1.54) is 17.2 Å². The molecule has 0 spiro atoms. The van der Waals surface area contributed by atoms with Crippen molar-refractivity contribution in [1.82, 2.24) is 9.47 Å². The number of ether oxygens (including phenoxy) is 3. The van der Waals surface area contributed by atoms with E-state index in [0.29, 0.717) is 48.0 Å². The third-order valence-corrected chi connectivity index (χ3v) is 6.74. The van der Waals surface area contributed by atoms with Crippen LogP contribution in [0.3, 0.4) is 0 Å². The maximum Gasteiger partial charge on any atom is 0.343 e. The Kier molecular flexibility index (Phi) is 6.75. The maximum atomic E-state index is 13.1. The van der Waals surface area contributed by atoms with E-state index in [-0.39, 0.29) is 30.5 Å². The van der Waals surface area contributed by atoms with Crippen LogP contribution in [0.15, 0.2) is 53.5 Å². The first kappa shape index (κ1) is 25.3. The van der Waals surface area contributed by atoms with Crippen molar-refractivity contribution in [1.29, 1.82) is 0 Å². The van der Waals surface area contributed by atoms with E-state index in [1.807, 2.05) is 26.0 Å². The van der Waals surface area contributed by atoms with Crippen molar-refractivity contribution in [2.45, 2.75) is 33.2 Å². The number of imide groups is 1. The SMILES string of the molecule is CCOC(=O)c1cn2c(cc1=O)-c1cc(OCC)c(OCC)cc1CC2CN1C(=O)c2ccccc2C1=O. The summed E-state index contributed by atoms with van der Waals surface area (Å²) in [5, 5.41) is 0. The summed E-state index contributed by atoms with van der Waals surface area (Å²) in [6.45, 7) is 6.47. The van der Waals surface area contributed by atoms with E-state index in [1.54, 1.807) is 35.8 Å². The van der Waals surface area contributed by atoms with Gasteiger partial charge in [0.1, 0.15) is 5.56 Å². The van der Waals surface area contributed by atoms with Crippen molar-refractivity contribution in [2.75, 3.05) is 26.4 Å². The Labute approximate surface area is 219 Å². The Morgan fingerprint density at radius 2 is 1.50 bits per heavy atom. The molecule has 1 aromatic heterocycles. The van der Waals surface area contributed by atoms with Crippen LogP contribution in [0.25, 0.3) is 11.3 Å². The molecule has 2 aromatic carbocycles. The lowest BCUT2D eigenvalue weighted by Crippen LogP contribution is -2.38. The van der Waals surface area contributed by atoms with Gasteiger partial charge in [0.05, 0.1) is 49.2 Å². The zero-order valence-electron chi connectivity index (χ0n) is 21.5. The molecule has 3 heterocycles. The van der Waals surface area contributed by atoms with Crippen LogP contribution in [0.5, 0.6) is 11.5 Å². The van der Waals surface area contributed by atoms with E-state index >= 15 is 0 Å². The molecule has 196 valence electrons. The number of nitrogens with zero attached hydrogens (tertiary/aromatic N) is 2. The number of aromatic nitrogens is 1.